The lowest BCUT2D eigenvalue weighted by atomic mass is 10.1. The smallest absolute Gasteiger partial charge is 0.341 e. The Labute approximate surface area is 127 Å². The van der Waals surface area contributed by atoms with Crippen LogP contribution in [0, 0.1) is 0 Å². The van der Waals surface area contributed by atoms with Crippen LogP contribution >= 0.6 is 0 Å². The monoisotopic (exact) mass is 301 g/mol. The second kappa shape index (κ2) is 6.62. The molecule has 0 bridgehead atoms. The standard InChI is InChI=1S/C16H15NO5/c1-21-12-6-3-10(4-7-12)15(19)17-11-5-8-13(14(18)9-11)16(20)22-2/h3-9,18H,1-2H3,(H,17,19). The van der Waals surface area contributed by atoms with Crippen molar-refractivity contribution in [1.29, 1.82) is 0 Å². The first-order valence-electron chi connectivity index (χ1n) is 6.42. The Kier molecular flexibility index (Phi) is 4.63. The number of anilines is 1. The van der Waals surface area contributed by atoms with Gasteiger partial charge in [0.05, 0.1) is 14.2 Å². The van der Waals surface area contributed by atoms with E-state index >= 15 is 0 Å². The summed E-state index contributed by atoms with van der Waals surface area (Å²) in [5.41, 5.74) is 0.841. The second-order valence-corrected chi connectivity index (χ2v) is 4.41. The molecule has 1 amide bonds. The Hall–Kier alpha value is -3.02. The molecule has 0 radical (unpaired) electrons. The molecular weight excluding hydrogens is 286 g/mol. The Morgan fingerprint density at radius 3 is 2.27 bits per heavy atom. The number of carbonyl (C=O) groups is 2. The maximum atomic E-state index is 12.1. The summed E-state index contributed by atoms with van der Waals surface area (Å²) in [6.07, 6.45) is 0. The zero-order chi connectivity index (χ0) is 16.1. The Bertz CT molecular complexity index is 694. The third kappa shape index (κ3) is 3.35. The molecule has 2 aromatic rings. The van der Waals surface area contributed by atoms with Crippen LogP contribution in [0.3, 0.4) is 0 Å². The van der Waals surface area contributed by atoms with Crippen LogP contribution in [0.25, 0.3) is 0 Å². The van der Waals surface area contributed by atoms with Crippen LogP contribution in [0.4, 0.5) is 5.69 Å². The molecule has 0 aliphatic rings. The summed E-state index contributed by atoms with van der Waals surface area (Å²) in [7, 11) is 2.77. The molecule has 0 saturated carbocycles. The van der Waals surface area contributed by atoms with Crippen LogP contribution in [0.5, 0.6) is 11.5 Å². The largest absolute Gasteiger partial charge is 0.507 e. The van der Waals surface area contributed by atoms with E-state index in [-0.39, 0.29) is 17.2 Å². The Morgan fingerprint density at radius 1 is 1.05 bits per heavy atom. The van der Waals surface area contributed by atoms with E-state index in [0.717, 1.165) is 0 Å². The zero-order valence-corrected chi connectivity index (χ0v) is 12.1. The molecule has 114 valence electrons. The first-order chi connectivity index (χ1) is 10.5. The second-order valence-electron chi connectivity index (χ2n) is 4.41. The van der Waals surface area contributed by atoms with Gasteiger partial charge in [-0.1, -0.05) is 0 Å². The summed E-state index contributed by atoms with van der Waals surface area (Å²) in [5, 5.41) is 12.4. The number of aromatic hydroxyl groups is 1. The SMILES string of the molecule is COC(=O)c1ccc(NC(=O)c2ccc(OC)cc2)cc1O. The molecule has 2 aromatic carbocycles. The molecule has 2 rings (SSSR count). The van der Waals surface area contributed by atoms with Crippen LogP contribution in [0.15, 0.2) is 42.5 Å². The number of hydrogen-bond acceptors (Lipinski definition) is 5. The van der Waals surface area contributed by atoms with Crippen LogP contribution in [0.2, 0.25) is 0 Å². The number of phenols is 1. The molecule has 0 spiro atoms. The average Bonchev–Trinajstić information content (AvgIpc) is 2.54. The van der Waals surface area contributed by atoms with E-state index in [2.05, 4.69) is 10.1 Å². The van der Waals surface area contributed by atoms with E-state index in [1.54, 1.807) is 31.4 Å². The van der Waals surface area contributed by atoms with Gasteiger partial charge in [-0.3, -0.25) is 4.79 Å². The highest BCUT2D eigenvalue weighted by molar-refractivity contribution is 6.04. The minimum atomic E-state index is -0.648. The lowest BCUT2D eigenvalue weighted by Crippen LogP contribution is -2.12. The fraction of sp³-hybridized carbons (Fsp3) is 0.125. The van der Waals surface area contributed by atoms with Gasteiger partial charge in [0.25, 0.3) is 5.91 Å². The van der Waals surface area contributed by atoms with Gasteiger partial charge in [0, 0.05) is 17.3 Å². The number of amides is 1. The number of benzene rings is 2. The fourth-order valence-electron chi connectivity index (χ4n) is 1.84. The van der Waals surface area contributed by atoms with E-state index < -0.39 is 5.97 Å². The van der Waals surface area contributed by atoms with Crippen molar-refractivity contribution in [3.63, 3.8) is 0 Å². The van der Waals surface area contributed by atoms with Crippen LogP contribution in [-0.2, 0) is 4.74 Å². The molecule has 0 unspecified atom stereocenters. The third-order valence-electron chi connectivity index (χ3n) is 3.01. The maximum absolute atomic E-state index is 12.1. The van der Waals surface area contributed by atoms with E-state index in [0.29, 0.717) is 17.0 Å². The van der Waals surface area contributed by atoms with Crippen molar-refractivity contribution in [2.75, 3.05) is 19.5 Å². The summed E-state index contributed by atoms with van der Waals surface area (Å²) >= 11 is 0. The van der Waals surface area contributed by atoms with Gasteiger partial charge in [-0.25, -0.2) is 4.79 Å². The van der Waals surface area contributed by atoms with Crippen molar-refractivity contribution >= 4 is 17.6 Å². The summed E-state index contributed by atoms with van der Waals surface area (Å²) in [6, 6.07) is 10.8. The number of phenolic OH excluding ortho intramolecular Hbond substituents is 1. The van der Waals surface area contributed by atoms with E-state index in [1.807, 2.05) is 0 Å². The van der Waals surface area contributed by atoms with E-state index in [9.17, 15) is 14.7 Å². The number of hydrogen-bond donors (Lipinski definition) is 2. The third-order valence-corrected chi connectivity index (χ3v) is 3.01. The summed E-state index contributed by atoms with van der Waals surface area (Å²) in [5.74, 6) is -0.602. The highest BCUT2D eigenvalue weighted by atomic mass is 16.5. The molecule has 0 fully saturated rings. The predicted octanol–water partition coefficient (Wildman–Crippen LogP) is 2.44. The molecule has 22 heavy (non-hydrogen) atoms. The lowest BCUT2D eigenvalue weighted by molar-refractivity contribution is 0.0597. The number of methoxy groups -OCH3 is 2. The van der Waals surface area contributed by atoms with Gasteiger partial charge in [0.2, 0.25) is 0 Å². The number of carbonyl (C=O) groups excluding carboxylic acids is 2. The van der Waals surface area contributed by atoms with Gasteiger partial charge in [0.15, 0.2) is 0 Å². The molecule has 0 aliphatic carbocycles. The minimum Gasteiger partial charge on any atom is -0.507 e. The van der Waals surface area contributed by atoms with Crippen molar-refractivity contribution in [3.8, 4) is 11.5 Å². The number of esters is 1. The summed E-state index contributed by atoms with van der Waals surface area (Å²) in [4.78, 5) is 23.4. The number of nitrogens with one attached hydrogen (secondary N) is 1. The molecule has 0 aromatic heterocycles. The zero-order valence-electron chi connectivity index (χ0n) is 12.1. The van der Waals surface area contributed by atoms with Crippen LogP contribution in [0.1, 0.15) is 20.7 Å². The Morgan fingerprint density at radius 2 is 1.73 bits per heavy atom. The first-order valence-corrected chi connectivity index (χ1v) is 6.42. The average molecular weight is 301 g/mol. The van der Waals surface area contributed by atoms with Crippen molar-refractivity contribution in [2.45, 2.75) is 0 Å². The molecule has 6 nitrogen and oxygen atoms in total. The topological polar surface area (TPSA) is 84.9 Å². The molecule has 0 atom stereocenters. The molecular formula is C16H15NO5. The quantitative estimate of drug-likeness (QED) is 0.847. The minimum absolute atomic E-state index is 0.0324. The number of rotatable bonds is 4. The van der Waals surface area contributed by atoms with Gasteiger partial charge in [0.1, 0.15) is 17.1 Å². The lowest BCUT2D eigenvalue weighted by Gasteiger charge is -2.08. The summed E-state index contributed by atoms with van der Waals surface area (Å²) in [6.45, 7) is 0. The molecule has 6 heteroatoms. The van der Waals surface area contributed by atoms with Gasteiger partial charge < -0.3 is 19.9 Å². The van der Waals surface area contributed by atoms with Gasteiger partial charge in [-0.15, -0.1) is 0 Å². The summed E-state index contributed by atoms with van der Waals surface area (Å²) < 4.78 is 9.55. The van der Waals surface area contributed by atoms with E-state index in [4.69, 9.17) is 4.74 Å². The molecule has 0 heterocycles. The van der Waals surface area contributed by atoms with Crippen molar-refractivity contribution < 1.29 is 24.2 Å². The maximum Gasteiger partial charge on any atom is 0.341 e. The molecule has 0 aliphatic heterocycles. The van der Waals surface area contributed by atoms with Gasteiger partial charge in [-0.2, -0.15) is 0 Å². The highest BCUT2D eigenvalue weighted by Gasteiger charge is 2.13. The van der Waals surface area contributed by atoms with Crippen molar-refractivity contribution in [3.05, 3.63) is 53.6 Å². The molecule has 0 saturated heterocycles. The Balaban J connectivity index is 2.14. The van der Waals surface area contributed by atoms with Crippen LogP contribution in [-0.4, -0.2) is 31.2 Å². The van der Waals surface area contributed by atoms with E-state index in [1.165, 1.54) is 25.3 Å². The predicted molar refractivity (Wildman–Crippen MR) is 80.4 cm³/mol. The van der Waals surface area contributed by atoms with Gasteiger partial charge in [-0.05, 0) is 36.4 Å². The highest BCUT2D eigenvalue weighted by Crippen LogP contribution is 2.23. The van der Waals surface area contributed by atoms with Gasteiger partial charge >= 0.3 is 5.97 Å². The molecule has 2 N–H and O–H groups in total. The van der Waals surface area contributed by atoms with Crippen molar-refractivity contribution in [2.24, 2.45) is 0 Å². The number of ether oxygens (including phenoxy) is 2. The normalized spacial score (nSPS) is 9.91. The van der Waals surface area contributed by atoms with Crippen molar-refractivity contribution in [1.82, 2.24) is 0 Å². The van der Waals surface area contributed by atoms with Crippen LogP contribution < -0.4 is 10.1 Å². The first kappa shape index (κ1) is 15.4. The fourth-order valence-corrected chi connectivity index (χ4v) is 1.84.